The number of likely N-dealkylation sites (N-methyl/N-ethyl adjacent to an activating group) is 1. The number of aryl methyl sites for hydroxylation is 1. The van der Waals surface area contributed by atoms with Crippen molar-refractivity contribution >= 4 is 27.5 Å². The highest BCUT2D eigenvalue weighted by atomic mass is 32.1. The Labute approximate surface area is 181 Å². The number of nitrogens with one attached hydrogen (secondary N) is 1. The molecule has 2 aromatic heterocycles. The number of nitrogens with zero attached hydrogens (tertiary/aromatic N) is 2. The number of thiophene rings is 1. The molecule has 0 amide bonds. The van der Waals surface area contributed by atoms with Crippen molar-refractivity contribution in [2.24, 2.45) is 5.92 Å². The summed E-state index contributed by atoms with van der Waals surface area (Å²) in [5.74, 6) is 0.471. The number of H-pyrrole nitrogens is 1. The van der Waals surface area contributed by atoms with Crippen molar-refractivity contribution in [1.82, 2.24) is 14.9 Å². The minimum Gasteiger partial charge on any atom is -0.459 e. The molecule has 0 unspecified atom stereocenters. The minimum absolute atomic E-state index is 0.238. The minimum atomic E-state index is -0.624. The number of aliphatic hydroxyl groups is 1. The molecule has 168 valence electrons. The molecular formula is C21H33N3O5S. The van der Waals surface area contributed by atoms with E-state index in [1.165, 1.54) is 11.3 Å². The van der Waals surface area contributed by atoms with Crippen molar-refractivity contribution in [3.8, 4) is 0 Å². The third-order valence-electron chi connectivity index (χ3n) is 4.43. The molecular weight excluding hydrogens is 406 g/mol. The van der Waals surface area contributed by atoms with E-state index in [1.807, 2.05) is 11.8 Å². The number of hydrogen-bond acceptors (Lipinski definition) is 8. The molecule has 0 aliphatic carbocycles. The number of aromatic amines is 1. The van der Waals surface area contributed by atoms with Gasteiger partial charge in [0.2, 0.25) is 0 Å². The molecule has 2 aromatic rings. The number of carbonyl (C=O) groups excluding carboxylic acids is 1. The van der Waals surface area contributed by atoms with Crippen molar-refractivity contribution in [2.45, 2.75) is 60.3 Å². The highest BCUT2D eigenvalue weighted by molar-refractivity contribution is 7.20. The first kappa shape index (κ1) is 24.5. The van der Waals surface area contributed by atoms with Crippen LogP contribution in [0.5, 0.6) is 0 Å². The van der Waals surface area contributed by atoms with Crippen LogP contribution in [0.1, 0.15) is 55.7 Å². The molecule has 0 aromatic carbocycles. The molecule has 8 nitrogen and oxygen atoms in total. The van der Waals surface area contributed by atoms with Gasteiger partial charge in [-0.05, 0) is 38.8 Å². The van der Waals surface area contributed by atoms with Crippen LogP contribution in [-0.4, -0.2) is 64.5 Å². The molecule has 1 atom stereocenters. The smallest absolute Gasteiger partial charge is 0.348 e. The molecule has 9 heteroatoms. The van der Waals surface area contributed by atoms with Crippen LogP contribution < -0.4 is 5.56 Å². The summed E-state index contributed by atoms with van der Waals surface area (Å²) < 4.78 is 10.8. The number of ether oxygens (including phenoxy) is 2. The lowest BCUT2D eigenvalue weighted by Crippen LogP contribution is -2.35. The molecule has 2 N–H and O–H groups in total. The van der Waals surface area contributed by atoms with Gasteiger partial charge in [-0.2, -0.15) is 0 Å². The topological polar surface area (TPSA) is 105 Å². The van der Waals surface area contributed by atoms with Gasteiger partial charge in [0.25, 0.3) is 5.56 Å². The van der Waals surface area contributed by atoms with Crippen molar-refractivity contribution < 1.29 is 19.4 Å². The fourth-order valence-corrected chi connectivity index (χ4v) is 4.12. The molecule has 0 aliphatic rings. The summed E-state index contributed by atoms with van der Waals surface area (Å²) in [6.45, 7) is 13.7. The van der Waals surface area contributed by atoms with Crippen LogP contribution in [0.4, 0.5) is 0 Å². The fraction of sp³-hybridized carbons (Fsp3) is 0.667. The number of hydrogen-bond donors (Lipinski definition) is 2. The average molecular weight is 440 g/mol. The molecule has 0 bridgehead atoms. The van der Waals surface area contributed by atoms with Crippen LogP contribution in [0.15, 0.2) is 4.79 Å². The van der Waals surface area contributed by atoms with Crippen molar-refractivity contribution in [3.05, 3.63) is 26.6 Å². The Balaban J connectivity index is 2.15. The van der Waals surface area contributed by atoms with Gasteiger partial charge in [0.1, 0.15) is 15.5 Å². The van der Waals surface area contributed by atoms with E-state index in [0.717, 1.165) is 0 Å². The Bertz CT molecular complexity index is 906. The highest BCUT2D eigenvalue weighted by Crippen LogP contribution is 2.28. The maximum atomic E-state index is 12.6. The zero-order chi connectivity index (χ0) is 22.4. The van der Waals surface area contributed by atoms with Gasteiger partial charge >= 0.3 is 5.97 Å². The number of esters is 1. The fourth-order valence-electron chi connectivity index (χ4n) is 3.03. The summed E-state index contributed by atoms with van der Waals surface area (Å²) in [6.07, 6.45) is -0.862. The van der Waals surface area contributed by atoms with E-state index >= 15 is 0 Å². The largest absolute Gasteiger partial charge is 0.459 e. The van der Waals surface area contributed by atoms with Gasteiger partial charge in [-0.25, -0.2) is 9.78 Å². The van der Waals surface area contributed by atoms with Gasteiger partial charge in [0, 0.05) is 13.2 Å². The van der Waals surface area contributed by atoms with Gasteiger partial charge in [-0.1, -0.05) is 20.8 Å². The van der Waals surface area contributed by atoms with Gasteiger partial charge in [0.15, 0.2) is 0 Å². The summed E-state index contributed by atoms with van der Waals surface area (Å²) >= 11 is 1.17. The van der Waals surface area contributed by atoms with Crippen LogP contribution >= 0.6 is 11.3 Å². The highest BCUT2D eigenvalue weighted by Gasteiger charge is 2.22. The normalized spacial score (nSPS) is 13.0. The number of fused-ring (bicyclic) bond motifs is 1. The quantitative estimate of drug-likeness (QED) is 0.519. The number of aromatic nitrogens is 2. The van der Waals surface area contributed by atoms with Crippen LogP contribution in [0.3, 0.4) is 0 Å². The first-order valence-corrected chi connectivity index (χ1v) is 11.1. The van der Waals surface area contributed by atoms with E-state index in [4.69, 9.17) is 9.47 Å². The Hall–Kier alpha value is -1.81. The lowest BCUT2D eigenvalue weighted by atomic mass is 10.2. The maximum absolute atomic E-state index is 12.6. The molecule has 0 saturated carbocycles. The maximum Gasteiger partial charge on any atom is 0.348 e. The number of aliphatic hydroxyl groups excluding tert-OH is 1. The summed E-state index contributed by atoms with van der Waals surface area (Å²) in [5, 5.41) is 10.7. The molecule has 0 aliphatic heterocycles. The van der Waals surface area contributed by atoms with Gasteiger partial charge < -0.3 is 19.6 Å². The van der Waals surface area contributed by atoms with Crippen molar-refractivity contribution in [3.63, 3.8) is 0 Å². The van der Waals surface area contributed by atoms with E-state index in [2.05, 4.69) is 23.8 Å². The molecule has 0 saturated heterocycles. The monoisotopic (exact) mass is 439 g/mol. The Kier molecular flexibility index (Phi) is 8.96. The predicted octanol–water partition coefficient (Wildman–Crippen LogP) is 2.71. The Morgan fingerprint density at radius 1 is 1.27 bits per heavy atom. The molecule has 0 fully saturated rings. The summed E-state index contributed by atoms with van der Waals surface area (Å²) in [5.41, 5.74) is 0.315. The standard InChI is InChI=1S/C21H33N3O5S/c1-7-24(8-15(25)11-28-10-12(2)3)9-16-22-19(26)17-14(6)18(30-20(17)23-16)21(27)29-13(4)5/h12-13,15,25H,7-11H2,1-6H3,(H,22,23,26)/t15-/m1/s1. The average Bonchev–Trinajstić information content (AvgIpc) is 2.97. The van der Waals surface area contributed by atoms with Crippen molar-refractivity contribution in [2.75, 3.05) is 26.3 Å². The second-order valence-corrected chi connectivity index (χ2v) is 9.11. The van der Waals surface area contributed by atoms with E-state index in [0.29, 0.717) is 58.6 Å². The third-order valence-corrected chi connectivity index (χ3v) is 5.59. The van der Waals surface area contributed by atoms with Gasteiger partial charge in [-0.15, -0.1) is 11.3 Å². The lowest BCUT2D eigenvalue weighted by molar-refractivity contribution is 0.00738. The zero-order valence-corrected chi connectivity index (χ0v) is 19.5. The van der Waals surface area contributed by atoms with Crippen molar-refractivity contribution in [1.29, 1.82) is 0 Å². The van der Waals surface area contributed by atoms with E-state index in [1.54, 1.807) is 20.8 Å². The molecule has 0 radical (unpaired) electrons. The van der Waals surface area contributed by atoms with E-state index in [9.17, 15) is 14.7 Å². The van der Waals surface area contributed by atoms with Gasteiger partial charge in [-0.3, -0.25) is 9.69 Å². The first-order valence-electron chi connectivity index (χ1n) is 10.3. The second-order valence-electron chi connectivity index (χ2n) is 8.12. The Morgan fingerprint density at radius 2 is 1.97 bits per heavy atom. The number of carbonyl (C=O) groups is 1. The molecule has 2 rings (SSSR count). The first-order chi connectivity index (χ1) is 14.1. The van der Waals surface area contributed by atoms with Crippen LogP contribution in [-0.2, 0) is 16.0 Å². The number of rotatable bonds is 11. The molecule has 0 spiro atoms. The molecule has 2 heterocycles. The second kappa shape index (κ2) is 11.0. The van der Waals surface area contributed by atoms with Crippen LogP contribution in [0.25, 0.3) is 10.2 Å². The SMILES string of the molecule is CCN(Cc1nc2sc(C(=O)OC(C)C)c(C)c2c(=O)[nH]1)C[C@@H](O)COCC(C)C. The lowest BCUT2D eigenvalue weighted by Gasteiger charge is -2.23. The molecule has 30 heavy (non-hydrogen) atoms. The van der Waals surface area contributed by atoms with E-state index in [-0.39, 0.29) is 18.3 Å². The summed E-state index contributed by atoms with van der Waals surface area (Å²) in [4.78, 5) is 35.2. The zero-order valence-electron chi connectivity index (χ0n) is 18.7. The summed E-state index contributed by atoms with van der Waals surface area (Å²) in [6, 6.07) is 0. The Morgan fingerprint density at radius 3 is 2.57 bits per heavy atom. The predicted molar refractivity (Wildman–Crippen MR) is 118 cm³/mol. The van der Waals surface area contributed by atoms with Crippen LogP contribution in [0.2, 0.25) is 0 Å². The van der Waals surface area contributed by atoms with E-state index < -0.39 is 12.1 Å². The third kappa shape index (κ3) is 6.60. The van der Waals surface area contributed by atoms with Gasteiger partial charge in [0.05, 0.1) is 30.7 Å². The van der Waals surface area contributed by atoms with Crippen LogP contribution in [0, 0.1) is 12.8 Å². The summed E-state index contributed by atoms with van der Waals surface area (Å²) in [7, 11) is 0.